The summed E-state index contributed by atoms with van der Waals surface area (Å²) in [5.74, 6) is 0. The van der Waals surface area contributed by atoms with Crippen molar-refractivity contribution in [3.8, 4) is 0 Å². The summed E-state index contributed by atoms with van der Waals surface area (Å²) in [5.41, 5.74) is 4.05. The Morgan fingerprint density at radius 1 is 1.18 bits per heavy atom. The van der Waals surface area contributed by atoms with Gasteiger partial charge in [-0.1, -0.05) is 61.9 Å². The first-order valence-corrected chi connectivity index (χ1v) is 6.50. The van der Waals surface area contributed by atoms with E-state index in [1.54, 1.807) is 0 Å². The van der Waals surface area contributed by atoms with Crippen LogP contribution in [0.2, 0.25) is 0 Å². The summed E-state index contributed by atoms with van der Waals surface area (Å²) in [7, 11) is 0. The fourth-order valence-corrected chi connectivity index (χ4v) is 1.55. The number of hydrogen-bond acceptors (Lipinski definition) is 0. The maximum Gasteiger partial charge on any atom is -0.0228 e. The summed E-state index contributed by atoms with van der Waals surface area (Å²) in [6, 6.07) is 8.62. The third-order valence-corrected chi connectivity index (χ3v) is 2.46. The van der Waals surface area contributed by atoms with E-state index in [2.05, 4.69) is 70.2 Å². The molecule has 1 aromatic rings. The number of aryl methyl sites for hydroxylation is 1. The summed E-state index contributed by atoms with van der Waals surface area (Å²) in [6.07, 6.45) is 8.71. The molecule has 0 radical (unpaired) electrons. The van der Waals surface area contributed by atoms with Crippen LogP contribution in [0.15, 0.2) is 42.5 Å². The van der Waals surface area contributed by atoms with Crippen molar-refractivity contribution in [2.75, 3.05) is 0 Å². The van der Waals surface area contributed by atoms with Crippen LogP contribution in [0, 0.1) is 6.92 Å². The van der Waals surface area contributed by atoms with E-state index in [-0.39, 0.29) is 0 Å². The van der Waals surface area contributed by atoms with Crippen LogP contribution < -0.4 is 0 Å². The summed E-state index contributed by atoms with van der Waals surface area (Å²) >= 11 is 0. The van der Waals surface area contributed by atoms with Crippen LogP contribution >= 0.6 is 0 Å². The first-order valence-electron chi connectivity index (χ1n) is 6.50. The molecule has 17 heavy (non-hydrogen) atoms. The Balaban J connectivity index is 0.000000437. The van der Waals surface area contributed by atoms with Gasteiger partial charge >= 0.3 is 0 Å². The molecule has 0 nitrogen and oxygen atoms in total. The molecule has 1 aromatic carbocycles. The lowest BCUT2D eigenvalue weighted by Crippen LogP contribution is -1.80. The summed E-state index contributed by atoms with van der Waals surface area (Å²) in [6.45, 7) is 10.6. The van der Waals surface area contributed by atoms with Crippen LogP contribution in [-0.4, -0.2) is 0 Å². The van der Waals surface area contributed by atoms with Crippen LogP contribution in [0.3, 0.4) is 0 Å². The minimum atomic E-state index is 1.11. The van der Waals surface area contributed by atoms with Gasteiger partial charge in [-0.15, -0.1) is 0 Å². The lowest BCUT2D eigenvalue weighted by atomic mass is 10.0. The van der Waals surface area contributed by atoms with Gasteiger partial charge in [0.2, 0.25) is 0 Å². The van der Waals surface area contributed by atoms with Crippen molar-refractivity contribution >= 4 is 5.57 Å². The SMILES string of the molecule is C/C=C\CC.CC/C=C(\C)c1cccc(C)c1. The Kier molecular flexibility index (Phi) is 9.14. The molecule has 0 N–H and O–H groups in total. The molecule has 0 aliphatic rings. The van der Waals surface area contributed by atoms with Crippen molar-refractivity contribution in [2.45, 2.75) is 47.5 Å². The van der Waals surface area contributed by atoms with Crippen LogP contribution in [-0.2, 0) is 0 Å². The fraction of sp³-hybridized carbons (Fsp3) is 0.412. The second-order valence-electron chi connectivity index (χ2n) is 4.14. The first-order chi connectivity index (χ1) is 8.15. The molecule has 94 valence electrons. The molecule has 0 aliphatic carbocycles. The molecule has 0 amide bonds. The van der Waals surface area contributed by atoms with Crippen molar-refractivity contribution in [2.24, 2.45) is 0 Å². The zero-order valence-electron chi connectivity index (χ0n) is 12.0. The van der Waals surface area contributed by atoms with E-state index in [1.807, 2.05) is 6.92 Å². The van der Waals surface area contributed by atoms with E-state index >= 15 is 0 Å². The molecule has 0 saturated heterocycles. The van der Waals surface area contributed by atoms with E-state index in [1.165, 1.54) is 16.7 Å². The van der Waals surface area contributed by atoms with Crippen molar-refractivity contribution in [3.05, 3.63) is 53.6 Å². The second kappa shape index (κ2) is 9.89. The zero-order chi connectivity index (χ0) is 13.1. The lowest BCUT2D eigenvalue weighted by molar-refractivity contribution is 1.22. The van der Waals surface area contributed by atoms with Gasteiger partial charge in [-0.3, -0.25) is 0 Å². The Bertz CT molecular complexity index is 356. The van der Waals surface area contributed by atoms with Crippen LogP contribution in [0.4, 0.5) is 0 Å². The summed E-state index contributed by atoms with van der Waals surface area (Å²) < 4.78 is 0. The molecule has 0 heteroatoms. The molecule has 1 rings (SSSR count). The molecule has 0 atom stereocenters. The van der Waals surface area contributed by atoms with Gasteiger partial charge < -0.3 is 0 Å². The highest BCUT2D eigenvalue weighted by Crippen LogP contribution is 2.15. The Hall–Kier alpha value is -1.30. The van der Waals surface area contributed by atoms with Crippen LogP contribution in [0.1, 0.15) is 51.7 Å². The van der Waals surface area contributed by atoms with E-state index in [9.17, 15) is 0 Å². The molecular weight excluding hydrogens is 204 g/mol. The van der Waals surface area contributed by atoms with Gasteiger partial charge in [0.25, 0.3) is 0 Å². The topological polar surface area (TPSA) is 0 Å². The van der Waals surface area contributed by atoms with Crippen molar-refractivity contribution in [3.63, 3.8) is 0 Å². The maximum absolute atomic E-state index is 2.26. The largest absolute Gasteiger partial charge is 0.0917 e. The van der Waals surface area contributed by atoms with Crippen LogP contribution in [0.25, 0.3) is 5.57 Å². The molecule has 0 heterocycles. The van der Waals surface area contributed by atoms with E-state index < -0.39 is 0 Å². The van der Waals surface area contributed by atoms with Gasteiger partial charge in [0.1, 0.15) is 0 Å². The Morgan fingerprint density at radius 2 is 1.88 bits per heavy atom. The summed E-state index contributed by atoms with van der Waals surface area (Å²) in [5, 5.41) is 0. The standard InChI is InChI=1S/C12H16.C5H10/c1-4-6-11(3)12-8-5-7-10(2)9-12;1-3-5-4-2/h5-9H,4H2,1-3H3;3,5H,4H2,1-2H3/b11-6+;5-3-. The molecule has 0 bridgehead atoms. The van der Waals surface area contributed by atoms with Crippen LogP contribution in [0.5, 0.6) is 0 Å². The smallest absolute Gasteiger partial charge is 0.0228 e. The van der Waals surface area contributed by atoms with Gasteiger partial charge in [0, 0.05) is 0 Å². The highest BCUT2D eigenvalue weighted by atomic mass is 14.0. The predicted octanol–water partition coefficient (Wildman–Crippen LogP) is 5.78. The molecule has 0 saturated carbocycles. The Morgan fingerprint density at radius 3 is 2.29 bits per heavy atom. The Labute approximate surface area is 107 Å². The monoisotopic (exact) mass is 230 g/mol. The first kappa shape index (κ1) is 15.7. The summed E-state index contributed by atoms with van der Waals surface area (Å²) in [4.78, 5) is 0. The van der Waals surface area contributed by atoms with Gasteiger partial charge in [-0.05, 0) is 44.7 Å². The number of benzene rings is 1. The van der Waals surface area contributed by atoms with E-state index in [4.69, 9.17) is 0 Å². The third-order valence-electron chi connectivity index (χ3n) is 2.46. The molecule has 0 fully saturated rings. The zero-order valence-corrected chi connectivity index (χ0v) is 12.0. The highest BCUT2D eigenvalue weighted by Gasteiger charge is 1.93. The molecular formula is C17H26. The predicted molar refractivity (Wildman–Crippen MR) is 80.2 cm³/mol. The number of rotatable bonds is 3. The average Bonchev–Trinajstić information content (AvgIpc) is 2.31. The minimum absolute atomic E-state index is 1.11. The quantitative estimate of drug-likeness (QED) is 0.577. The van der Waals surface area contributed by atoms with Crippen molar-refractivity contribution in [1.82, 2.24) is 0 Å². The van der Waals surface area contributed by atoms with Crippen molar-refractivity contribution < 1.29 is 0 Å². The third kappa shape index (κ3) is 7.57. The van der Waals surface area contributed by atoms with E-state index in [0.717, 1.165) is 12.8 Å². The maximum atomic E-state index is 2.26. The minimum Gasteiger partial charge on any atom is -0.0917 e. The normalized spacial score (nSPS) is 11.2. The fourth-order valence-electron chi connectivity index (χ4n) is 1.55. The molecule has 0 spiro atoms. The average molecular weight is 230 g/mol. The second-order valence-corrected chi connectivity index (χ2v) is 4.14. The molecule has 0 aliphatic heterocycles. The number of hydrogen-bond donors (Lipinski definition) is 0. The lowest BCUT2D eigenvalue weighted by Gasteiger charge is -2.01. The van der Waals surface area contributed by atoms with Gasteiger partial charge in [0.15, 0.2) is 0 Å². The van der Waals surface area contributed by atoms with Gasteiger partial charge in [-0.2, -0.15) is 0 Å². The van der Waals surface area contributed by atoms with Gasteiger partial charge in [-0.25, -0.2) is 0 Å². The van der Waals surface area contributed by atoms with Crippen molar-refractivity contribution in [1.29, 1.82) is 0 Å². The molecule has 0 unspecified atom stereocenters. The number of allylic oxidation sites excluding steroid dienone is 4. The van der Waals surface area contributed by atoms with E-state index in [0.29, 0.717) is 0 Å². The molecule has 0 aromatic heterocycles. The highest BCUT2D eigenvalue weighted by molar-refractivity contribution is 5.63. The van der Waals surface area contributed by atoms with Gasteiger partial charge in [0.05, 0.1) is 0 Å².